The van der Waals surface area contributed by atoms with E-state index >= 15 is 0 Å². The summed E-state index contributed by atoms with van der Waals surface area (Å²) < 4.78 is 4.81. The molecule has 0 saturated carbocycles. The molecule has 0 fully saturated rings. The second kappa shape index (κ2) is 13.5. The smallest absolute Gasteiger partial charge is 0.102 e. The van der Waals surface area contributed by atoms with Gasteiger partial charge in [-0.2, -0.15) is 5.26 Å². The number of aryl methyl sites for hydroxylation is 6. The lowest BCUT2D eigenvalue weighted by molar-refractivity contribution is 1.11. The number of hydrogen-bond donors (Lipinski definition) is 0. The molecule has 4 heteroatoms. The summed E-state index contributed by atoms with van der Waals surface area (Å²) in [6.07, 6.45) is 0. The minimum atomic E-state index is 0.602. The standard InChI is InChI=1S/C54H42N4/c1-32-17-15-18-33(2)48(32)51-52(49-34(3)19-16-20-35(49)4)54(58-46-27-13-9-23-41(46)42-24-10-14-28-47(42)58)50(38-30-29-36(5)56-37(38)6)43(31-55)53(51)57-44-25-11-7-21-39(44)40-22-8-12-26-45(40)57/h7-30H,1-6H3. The lowest BCUT2D eigenvalue weighted by Gasteiger charge is -2.30. The number of hydrogen-bond acceptors (Lipinski definition) is 2. The van der Waals surface area contributed by atoms with E-state index in [1.807, 2.05) is 6.92 Å². The Bertz CT molecular complexity index is 3220. The van der Waals surface area contributed by atoms with Gasteiger partial charge in [0.2, 0.25) is 0 Å². The highest BCUT2D eigenvalue weighted by Crippen LogP contribution is 2.54. The highest BCUT2D eigenvalue weighted by Gasteiger charge is 2.34. The predicted molar refractivity (Wildman–Crippen MR) is 242 cm³/mol. The van der Waals surface area contributed by atoms with Crippen molar-refractivity contribution in [3.63, 3.8) is 0 Å². The molecule has 0 radical (unpaired) electrons. The number of nitriles is 1. The summed E-state index contributed by atoms with van der Waals surface area (Å²) in [4.78, 5) is 5.09. The van der Waals surface area contributed by atoms with Crippen molar-refractivity contribution in [2.75, 3.05) is 0 Å². The highest BCUT2D eigenvalue weighted by molar-refractivity contribution is 6.15. The Morgan fingerprint density at radius 1 is 0.397 bits per heavy atom. The average Bonchev–Trinajstić information content (AvgIpc) is 3.74. The normalized spacial score (nSPS) is 11.6. The molecule has 0 atom stereocenters. The van der Waals surface area contributed by atoms with Gasteiger partial charge in [-0.15, -0.1) is 0 Å². The average molecular weight is 747 g/mol. The first-order valence-corrected chi connectivity index (χ1v) is 20.0. The Balaban J connectivity index is 1.61. The topological polar surface area (TPSA) is 46.5 Å². The largest absolute Gasteiger partial charge is 0.308 e. The van der Waals surface area contributed by atoms with Crippen molar-refractivity contribution in [2.24, 2.45) is 0 Å². The van der Waals surface area contributed by atoms with Crippen LogP contribution in [0.5, 0.6) is 0 Å². The van der Waals surface area contributed by atoms with E-state index < -0.39 is 0 Å². The second-order valence-electron chi connectivity index (χ2n) is 15.7. The van der Waals surface area contributed by atoms with Gasteiger partial charge in [0.25, 0.3) is 0 Å². The predicted octanol–water partition coefficient (Wildman–Crippen LogP) is 14.0. The zero-order valence-electron chi connectivity index (χ0n) is 33.6. The van der Waals surface area contributed by atoms with Crippen LogP contribution in [0, 0.1) is 52.9 Å². The van der Waals surface area contributed by atoms with Crippen LogP contribution in [0.4, 0.5) is 0 Å². The van der Waals surface area contributed by atoms with Crippen molar-refractivity contribution in [1.29, 1.82) is 5.26 Å². The molecular weight excluding hydrogens is 705 g/mol. The summed E-state index contributed by atoms with van der Waals surface area (Å²) >= 11 is 0. The summed E-state index contributed by atoms with van der Waals surface area (Å²) in [5.74, 6) is 0. The van der Waals surface area contributed by atoms with E-state index in [0.29, 0.717) is 5.56 Å². The molecule has 58 heavy (non-hydrogen) atoms. The summed E-state index contributed by atoms with van der Waals surface area (Å²) in [6, 6.07) is 54.9. The van der Waals surface area contributed by atoms with Gasteiger partial charge in [0, 0.05) is 55.2 Å². The Morgan fingerprint density at radius 3 is 1.17 bits per heavy atom. The molecule has 3 aromatic heterocycles. The Hall–Kier alpha value is -7.22. The van der Waals surface area contributed by atoms with Gasteiger partial charge in [-0.25, -0.2) is 0 Å². The van der Waals surface area contributed by atoms with E-state index in [9.17, 15) is 5.26 Å². The quantitative estimate of drug-likeness (QED) is 0.176. The molecule has 0 aliphatic carbocycles. The van der Waals surface area contributed by atoms with Crippen molar-refractivity contribution in [3.05, 3.63) is 185 Å². The van der Waals surface area contributed by atoms with Gasteiger partial charge in [0.05, 0.1) is 39.0 Å². The molecule has 4 nitrogen and oxygen atoms in total. The molecule has 0 bridgehead atoms. The summed E-state index contributed by atoms with van der Waals surface area (Å²) in [5.41, 5.74) is 19.3. The zero-order chi connectivity index (χ0) is 39.8. The van der Waals surface area contributed by atoms with Gasteiger partial charge in [0.15, 0.2) is 0 Å². The first-order chi connectivity index (χ1) is 28.3. The first kappa shape index (κ1) is 35.2. The van der Waals surface area contributed by atoms with E-state index in [1.54, 1.807) is 0 Å². The van der Waals surface area contributed by atoms with Gasteiger partial charge in [-0.05, 0) is 105 Å². The molecule has 0 aliphatic heterocycles. The van der Waals surface area contributed by atoms with E-state index in [0.717, 1.165) is 122 Å². The van der Waals surface area contributed by atoms with Crippen LogP contribution in [0.3, 0.4) is 0 Å². The molecule has 0 spiro atoms. The SMILES string of the molecule is Cc1ccc(-c2c(C#N)c(-n3c4ccccc4c4ccccc43)c(-c3c(C)cccc3C)c(-c3c(C)cccc3C)c2-n2c3ccccc3c3ccccc32)c(C)n1. The first-order valence-electron chi connectivity index (χ1n) is 20.0. The van der Waals surface area contributed by atoms with Crippen LogP contribution >= 0.6 is 0 Å². The van der Waals surface area contributed by atoms with Crippen molar-refractivity contribution < 1.29 is 0 Å². The number of benzene rings is 7. The number of aromatic nitrogens is 3. The Morgan fingerprint density at radius 2 is 0.776 bits per heavy atom. The van der Waals surface area contributed by atoms with Gasteiger partial charge >= 0.3 is 0 Å². The third-order valence-corrected chi connectivity index (χ3v) is 12.1. The fourth-order valence-electron chi connectivity index (χ4n) is 9.72. The molecule has 7 aromatic carbocycles. The number of para-hydroxylation sites is 4. The molecule has 0 N–H and O–H groups in total. The second-order valence-corrected chi connectivity index (χ2v) is 15.7. The lowest BCUT2D eigenvalue weighted by Crippen LogP contribution is -2.12. The Kier molecular flexibility index (Phi) is 8.18. The van der Waals surface area contributed by atoms with Crippen molar-refractivity contribution in [3.8, 4) is 50.8 Å². The maximum absolute atomic E-state index is 12.1. The van der Waals surface area contributed by atoms with Crippen molar-refractivity contribution in [2.45, 2.75) is 41.5 Å². The van der Waals surface area contributed by atoms with Crippen LogP contribution in [0.15, 0.2) is 146 Å². The third-order valence-electron chi connectivity index (χ3n) is 12.1. The van der Waals surface area contributed by atoms with E-state index in [1.165, 1.54) is 0 Å². The molecule has 10 rings (SSSR count). The monoisotopic (exact) mass is 746 g/mol. The van der Waals surface area contributed by atoms with Crippen LogP contribution in [-0.4, -0.2) is 14.1 Å². The minimum absolute atomic E-state index is 0.602. The van der Waals surface area contributed by atoms with E-state index in [-0.39, 0.29) is 0 Å². The highest BCUT2D eigenvalue weighted by atomic mass is 15.0. The number of rotatable bonds is 5. The molecule has 0 unspecified atom stereocenters. The van der Waals surface area contributed by atoms with Gasteiger partial charge < -0.3 is 9.13 Å². The van der Waals surface area contributed by atoms with Gasteiger partial charge in [-0.1, -0.05) is 115 Å². The summed E-state index contributed by atoms with van der Waals surface area (Å²) in [6.45, 7) is 13.0. The van der Waals surface area contributed by atoms with Crippen molar-refractivity contribution in [1.82, 2.24) is 14.1 Å². The van der Waals surface area contributed by atoms with Crippen LogP contribution in [0.25, 0.3) is 88.4 Å². The van der Waals surface area contributed by atoms with Crippen LogP contribution in [0.2, 0.25) is 0 Å². The lowest BCUT2D eigenvalue weighted by atomic mass is 9.79. The summed E-state index contributed by atoms with van der Waals surface area (Å²) in [7, 11) is 0. The van der Waals surface area contributed by atoms with E-state index in [4.69, 9.17) is 4.98 Å². The fourth-order valence-corrected chi connectivity index (χ4v) is 9.72. The maximum Gasteiger partial charge on any atom is 0.102 e. The van der Waals surface area contributed by atoms with Crippen LogP contribution < -0.4 is 0 Å². The van der Waals surface area contributed by atoms with Crippen molar-refractivity contribution >= 4 is 43.6 Å². The Labute approximate surface area is 338 Å². The molecule has 3 heterocycles. The molecule has 0 aliphatic rings. The molecule has 0 amide bonds. The van der Waals surface area contributed by atoms with Crippen LogP contribution in [0.1, 0.15) is 39.2 Å². The van der Waals surface area contributed by atoms with Gasteiger partial charge in [0.1, 0.15) is 6.07 Å². The molecule has 278 valence electrons. The number of nitrogens with zero attached hydrogens (tertiary/aromatic N) is 4. The summed E-state index contributed by atoms with van der Waals surface area (Å²) in [5, 5.41) is 16.7. The number of pyridine rings is 1. The van der Waals surface area contributed by atoms with Gasteiger partial charge in [-0.3, -0.25) is 4.98 Å². The fraction of sp³-hybridized carbons (Fsp3) is 0.111. The number of fused-ring (bicyclic) bond motifs is 6. The molecular formula is C54H42N4. The maximum atomic E-state index is 12.1. The zero-order valence-corrected chi connectivity index (χ0v) is 33.6. The van der Waals surface area contributed by atoms with E-state index in [2.05, 4.69) is 195 Å². The third kappa shape index (κ3) is 5.10. The molecule has 0 saturated heterocycles. The molecule has 10 aromatic rings. The minimum Gasteiger partial charge on any atom is -0.308 e. The van der Waals surface area contributed by atoms with Crippen LogP contribution in [-0.2, 0) is 0 Å².